The lowest BCUT2D eigenvalue weighted by atomic mass is 9.66. The molecule has 22 heavy (non-hydrogen) atoms. The van der Waals surface area contributed by atoms with Gasteiger partial charge in [0, 0.05) is 19.5 Å². The molecule has 7 heteroatoms. The summed E-state index contributed by atoms with van der Waals surface area (Å²) < 4.78 is 0. The number of carbonyl (C=O) groups is 3. The van der Waals surface area contributed by atoms with Gasteiger partial charge in [0.25, 0.3) is 5.91 Å². The van der Waals surface area contributed by atoms with Crippen molar-refractivity contribution in [3.8, 4) is 0 Å². The third-order valence-electron chi connectivity index (χ3n) is 3.97. The maximum absolute atomic E-state index is 11.8. The molecule has 120 valence electrons. The number of carboxylic acids is 1. The van der Waals surface area contributed by atoms with Crippen LogP contribution < -0.4 is 10.6 Å². The highest BCUT2D eigenvalue weighted by Crippen LogP contribution is 2.44. The fourth-order valence-corrected chi connectivity index (χ4v) is 3.09. The van der Waals surface area contributed by atoms with E-state index in [2.05, 4.69) is 10.6 Å². The minimum atomic E-state index is -0.878. The lowest BCUT2D eigenvalue weighted by molar-refractivity contribution is -0.157. The molecule has 1 saturated carbocycles. The minimum absolute atomic E-state index is 0.0455. The van der Waals surface area contributed by atoms with Gasteiger partial charge in [-0.25, -0.2) is 0 Å². The highest BCUT2D eigenvalue weighted by atomic mass is 32.1. The molecule has 0 spiro atoms. The zero-order valence-corrected chi connectivity index (χ0v) is 13.1. The number of amides is 2. The summed E-state index contributed by atoms with van der Waals surface area (Å²) in [5.41, 5.74) is -0.850. The fourth-order valence-electron chi connectivity index (χ4n) is 2.45. The monoisotopic (exact) mass is 324 g/mol. The average molecular weight is 324 g/mol. The summed E-state index contributed by atoms with van der Waals surface area (Å²) >= 11 is 1.38. The van der Waals surface area contributed by atoms with Crippen LogP contribution in [-0.4, -0.2) is 36.0 Å². The maximum Gasteiger partial charge on any atom is 0.310 e. The van der Waals surface area contributed by atoms with E-state index in [-0.39, 0.29) is 18.2 Å². The molecule has 1 aromatic heterocycles. The topological polar surface area (TPSA) is 95.5 Å². The van der Waals surface area contributed by atoms with Crippen LogP contribution in [0.1, 0.15) is 41.8 Å². The highest BCUT2D eigenvalue weighted by molar-refractivity contribution is 7.12. The molecule has 0 radical (unpaired) electrons. The van der Waals surface area contributed by atoms with Crippen LogP contribution in [0, 0.1) is 5.41 Å². The molecular weight excluding hydrogens is 304 g/mol. The predicted molar refractivity (Wildman–Crippen MR) is 82.8 cm³/mol. The van der Waals surface area contributed by atoms with Crippen molar-refractivity contribution in [2.24, 2.45) is 5.41 Å². The van der Waals surface area contributed by atoms with Gasteiger partial charge >= 0.3 is 5.97 Å². The molecule has 6 nitrogen and oxygen atoms in total. The van der Waals surface area contributed by atoms with E-state index in [1.165, 1.54) is 11.3 Å². The molecule has 0 unspecified atom stereocenters. The zero-order valence-electron chi connectivity index (χ0n) is 12.3. The van der Waals surface area contributed by atoms with Gasteiger partial charge in [0.2, 0.25) is 5.91 Å². The van der Waals surface area contributed by atoms with Gasteiger partial charge < -0.3 is 15.7 Å². The van der Waals surface area contributed by atoms with Crippen molar-refractivity contribution >= 4 is 29.1 Å². The van der Waals surface area contributed by atoms with E-state index in [0.29, 0.717) is 37.2 Å². The van der Waals surface area contributed by atoms with Crippen molar-refractivity contribution in [2.75, 3.05) is 13.1 Å². The van der Waals surface area contributed by atoms with Gasteiger partial charge in [0.15, 0.2) is 0 Å². The van der Waals surface area contributed by atoms with E-state index < -0.39 is 11.4 Å². The first kappa shape index (κ1) is 16.5. The van der Waals surface area contributed by atoms with E-state index in [0.717, 1.165) is 6.42 Å². The summed E-state index contributed by atoms with van der Waals surface area (Å²) in [5.74, 6) is -1.22. The van der Waals surface area contributed by atoms with Crippen molar-refractivity contribution in [1.82, 2.24) is 10.6 Å². The van der Waals surface area contributed by atoms with E-state index in [1.54, 1.807) is 6.07 Å². The Morgan fingerprint density at radius 3 is 2.50 bits per heavy atom. The van der Waals surface area contributed by atoms with Crippen LogP contribution in [0.4, 0.5) is 0 Å². The number of carboxylic acid groups (broad SMARTS) is 1. The Labute approximate surface area is 132 Å². The Morgan fingerprint density at radius 2 is 1.95 bits per heavy atom. The normalized spacial score (nSPS) is 15.6. The van der Waals surface area contributed by atoms with Crippen molar-refractivity contribution in [3.63, 3.8) is 0 Å². The van der Waals surface area contributed by atoms with Crippen LogP contribution in [0.3, 0.4) is 0 Å². The molecule has 0 atom stereocenters. The molecular formula is C15H20N2O4S. The first-order chi connectivity index (χ1) is 10.5. The van der Waals surface area contributed by atoms with Gasteiger partial charge in [0.1, 0.15) is 0 Å². The lowest BCUT2D eigenvalue weighted by Crippen LogP contribution is -2.42. The standard InChI is InChI=1S/C15H20N2O4S/c18-12(10-15(14(20)21)5-2-6-15)16-7-3-8-17-13(19)11-4-1-9-22-11/h1,4,9H,2-3,5-8,10H2,(H,16,18)(H,17,19)(H,20,21). The van der Waals surface area contributed by atoms with Crippen molar-refractivity contribution in [3.05, 3.63) is 22.4 Å². The van der Waals surface area contributed by atoms with Crippen LogP contribution in [0.2, 0.25) is 0 Å². The molecule has 1 aromatic rings. The Bertz CT molecular complexity index is 538. The van der Waals surface area contributed by atoms with Crippen LogP contribution in [0.15, 0.2) is 17.5 Å². The van der Waals surface area contributed by atoms with Crippen LogP contribution in [0.5, 0.6) is 0 Å². The van der Waals surface area contributed by atoms with Gasteiger partial charge in [-0.15, -0.1) is 11.3 Å². The molecule has 2 rings (SSSR count). The SMILES string of the molecule is O=C(CC1(C(=O)O)CCC1)NCCCNC(=O)c1cccs1. The van der Waals surface area contributed by atoms with Gasteiger partial charge in [-0.05, 0) is 30.7 Å². The summed E-state index contributed by atoms with van der Waals surface area (Å²) in [6.45, 7) is 0.903. The molecule has 1 heterocycles. The Morgan fingerprint density at radius 1 is 1.23 bits per heavy atom. The molecule has 2 amide bonds. The summed E-state index contributed by atoms with van der Waals surface area (Å²) in [6, 6.07) is 3.57. The third-order valence-corrected chi connectivity index (χ3v) is 4.84. The number of nitrogens with one attached hydrogen (secondary N) is 2. The largest absolute Gasteiger partial charge is 0.481 e. The molecule has 1 aliphatic rings. The molecule has 1 fully saturated rings. The van der Waals surface area contributed by atoms with Crippen molar-refractivity contribution in [2.45, 2.75) is 32.1 Å². The summed E-state index contributed by atoms with van der Waals surface area (Å²) in [4.78, 5) is 35.3. The summed E-state index contributed by atoms with van der Waals surface area (Å²) in [6.07, 6.45) is 2.68. The molecule has 0 saturated heterocycles. The smallest absolute Gasteiger partial charge is 0.310 e. The second-order valence-corrected chi connectivity index (χ2v) is 6.50. The molecule has 3 N–H and O–H groups in total. The van der Waals surface area contributed by atoms with Crippen molar-refractivity contribution in [1.29, 1.82) is 0 Å². The number of aliphatic carboxylic acids is 1. The van der Waals surface area contributed by atoms with Crippen LogP contribution in [-0.2, 0) is 9.59 Å². The lowest BCUT2D eigenvalue weighted by Gasteiger charge is -2.36. The number of thiophene rings is 1. The van der Waals surface area contributed by atoms with Crippen LogP contribution >= 0.6 is 11.3 Å². The Balaban J connectivity index is 1.59. The second-order valence-electron chi connectivity index (χ2n) is 5.55. The zero-order chi connectivity index (χ0) is 16.0. The molecule has 1 aliphatic carbocycles. The van der Waals surface area contributed by atoms with Gasteiger partial charge in [-0.3, -0.25) is 14.4 Å². The first-order valence-corrected chi connectivity index (χ1v) is 8.23. The van der Waals surface area contributed by atoms with E-state index in [1.807, 2.05) is 11.4 Å². The highest BCUT2D eigenvalue weighted by Gasteiger charge is 2.45. The summed E-state index contributed by atoms with van der Waals surface area (Å²) in [5, 5.41) is 16.5. The second kappa shape index (κ2) is 7.40. The van der Waals surface area contributed by atoms with E-state index in [9.17, 15) is 14.4 Å². The molecule has 0 aliphatic heterocycles. The number of hydrogen-bond donors (Lipinski definition) is 3. The maximum atomic E-state index is 11.8. The van der Waals surface area contributed by atoms with Gasteiger partial charge in [-0.1, -0.05) is 12.5 Å². The predicted octanol–water partition coefficient (Wildman–Crippen LogP) is 1.63. The first-order valence-electron chi connectivity index (χ1n) is 7.35. The molecule has 0 aromatic carbocycles. The number of hydrogen-bond acceptors (Lipinski definition) is 4. The average Bonchev–Trinajstić information content (AvgIpc) is 2.96. The quantitative estimate of drug-likeness (QED) is 0.633. The number of rotatable bonds is 8. The summed E-state index contributed by atoms with van der Waals surface area (Å²) in [7, 11) is 0. The van der Waals surface area contributed by atoms with E-state index in [4.69, 9.17) is 5.11 Å². The van der Waals surface area contributed by atoms with E-state index >= 15 is 0 Å². The Kier molecular flexibility index (Phi) is 5.54. The van der Waals surface area contributed by atoms with Crippen molar-refractivity contribution < 1.29 is 19.5 Å². The Hall–Kier alpha value is -1.89. The van der Waals surface area contributed by atoms with Gasteiger partial charge in [0.05, 0.1) is 10.3 Å². The van der Waals surface area contributed by atoms with Crippen LogP contribution in [0.25, 0.3) is 0 Å². The fraction of sp³-hybridized carbons (Fsp3) is 0.533. The minimum Gasteiger partial charge on any atom is -0.481 e. The number of carbonyl (C=O) groups excluding carboxylic acids is 2. The third kappa shape index (κ3) is 4.07. The molecule has 0 bridgehead atoms. The van der Waals surface area contributed by atoms with Gasteiger partial charge in [-0.2, -0.15) is 0 Å².